The molecule has 3 aromatic rings. The van der Waals surface area contributed by atoms with E-state index in [0.717, 1.165) is 6.07 Å². The van der Waals surface area contributed by atoms with Crippen LogP contribution in [0.15, 0.2) is 71.6 Å². The summed E-state index contributed by atoms with van der Waals surface area (Å²) >= 11 is 0. The minimum atomic E-state index is -4.21. The molecular formula is C21H20FN3O5S. The van der Waals surface area contributed by atoms with Crippen molar-refractivity contribution in [2.75, 3.05) is 23.7 Å². The Balaban J connectivity index is 1.90. The number of sulfonamides is 1. The number of para-hydroxylation sites is 2. The highest BCUT2D eigenvalue weighted by Crippen LogP contribution is 2.31. The number of hydrogen-bond donors (Lipinski definition) is 2. The first kappa shape index (κ1) is 22.0. The quantitative estimate of drug-likeness (QED) is 0.377. The Morgan fingerprint density at radius 1 is 1.03 bits per heavy atom. The standard InChI is InChI=1S/C21H20FN3O5S/c1-30-20-9-5-4-8-18(20)24-31(28,29)21-14-16(25(26)27)10-11-19(21)23-13-12-15-6-2-3-7-17(15)22/h2-11,14,23-24H,12-13H2,1H3. The Morgan fingerprint density at radius 3 is 2.45 bits per heavy atom. The van der Waals surface area contributed by atoms with E-state index in [1.54, 1.807) is 36.4 Å². The average Bonchev–Trinajstić information content (AvgIpc) is 2.75. The van der Waals surface area contributed by atoms with Gasteiger partial charge in [-0.25, -0.2) is 12.8 Å². The molecule has 0 aliphatic carbocycles. The van der Waals surface area contributed by atoms with Crippen LogP contribution in [-0.2, 0) is 16.4 Å². The summed E-state index contributed by atoms with van der Waals surface area (Å²) in [6, 6.07) is 16.2. The fraction of sp³-hybridized carbons (Fsp3) is 0.143. The smallest absolute Gasteiger partial charge is 0.270 e. The maximum Gasteiger partial charge on any atom is 0.270 e. The van der Waals surface area contributed by atoms with Gasteiger partial charge < -0.3 is 10.1 Å². The number of nitrogens with one attached hydrogen (secondary N) is 2. The molecule has 3 rings (SSSR count). The zero-order valence-electron chi connectivity index (χ0n) is 16.5. The van der Waals surface area contributed by atoms with Crippen LogP contribution in [0.4, 0.5) is 21.5 Å². The van der Waals surface area contributed by atoms with Crippen molar-refractivity contribution in [2.24, 2.45) is 0 Å². The summed E-state index contributed by atoms with van der Waals surface area (Å²) in [6.07, 6.45) is 0.295. The monoisotopic (exact) mass is 445 g/mol. The number of rotatable bonds is 9. The molecule has 3 aromatic carbocycles. The molecule has 0 heterocycles. The molecule has 0 saturated heterocycles. The second-order valence-corrected chi connectivity index (χ2v) is 8.16. The van der Waals surface area contributed by atoms with Crippen LogP contribution < -0.4 is 14.8 Å². The number of nitro groups is 1. The Hall–Kier alpha value is -3.66. The maximum atomic E-state index is 13.8. The van der Waals surface area contributed by atoms with Gasteiger partial charge in [-0.2, -0.15) is 0 Å². The summed E-state index contributed by atoms with van der Waals surface area (Å²) in [7, 11) is -2.81. The SMILES string of the molecule is COc1ccccc1NS(=O)(=O)c1cc([N+](=O)[O-])ccc1NCCc1ccccc1F. The van der Waals surface area contributed by atoms with Crippen molar-refractivity contribution in [1.82, 2.24) is 0 Å². The second-order valence-electron chi connectivity index (χ2n) is 6.51. The van der Waals surface area contributed by atoms with Crippen LogP contribution in [0.1, 0.15) is 5.56 Å². The van der Waals surface area contributed by atoms with E-state index in [1.165, 1.54) is 31.4 Å². The van der Waals surface area contributed by atoms with E-state index in [2.05, 4.69) is 10.0 Å². The van der Waals surface area contributed by atoms with Gasteiger partial charge in [0.05, 0.1) is 23.4 Å². The number of nitro benzene ring substituents is 1. The molecular weight excluding hydrogens is 425 g/mol. The Kier molecular flexibility index (Phi) is 6.71. The van der Waals surface area contributed by atoms with Gasteiger partial charge >= 0.3 is 0 Å². The predicted octanol–water partition coefficient (Wildman–Crippen LogP) is 4.20. The first-order valence-electron chi connectivity index (χ1n) is 9.23. The average molecular weight is 445 g/mol. The second kappa shape index (κ2) is 9.43. The van der Waals surface area contributed by atoms with Crippen LogP contribution in [0.5, 0.6) is 5.75 Å². The number of non-ortho nitro benzene ring substituents is 1. The van der Waals surface area contributed by atoms with Crippen LogP contribution in [0.2, 0.25) is 0 Å². The lowest BCUT2D eigenvalue weighted by Crippen LogP contribution is -2.17. The fourth-order valence-corrected chi connectivity index (χ4v) is 4.23. The molecule has 0 aromatic heterocycles. The molecule has 162 valence electrons. The Bertz CT molecular complexity index is 1200. The topological polar surface area (TPSA) is 111 Å². The van der Waals surface area contributed by atoms with E-state index < -0.39 is 14.9 Å². The van der Waals surface area contributed by atoms with Crippen molar-refractivity contribution in [3.63, 3.8) is 0 Å². The van der Waals surface area contributed by atoms with Crippen LogP contribution in [-0.4, -0.2) is 27.0 Å². The van der Waals surface area contributed by atoms with E-state index >= 15 is 0 Å². The molecule has 0 fully saturated rings. The lowest BCUT2D eigenvalue weighted by Gasteiger charge is -2.15. The zero-order chi connectivity index (χ0) is 22.4. The Labute approximate surface area is 178 Å². The van der Waals surface area contributed by atoms with Gasteiger partial charge in [-0.3, -0.25) is 14.8 Å². The highest BCUT2D eigenvalue weighted by atomic mass is 32.2. The first-order valence-corrected chi connectivity index (χ1v) is 10.7. The number of hydrogen-bond acceptors (Lipinski definition) is 6. The number of benzene rings is 3. The lowest BCUT2D eigenvalue weighted by atomic mass is 10.1. The number of methoxy groups -OCH3 is 1. The van der Waals surface area contributed by atoms with Gasteiger partial charge in [0, 0.05) is 18.7 Å². The highest BCUT2D eigenvalue weighted by molar-refractivity contribution is 7.93. The normalized spacial score (nSPS) is 11.0. The number of ether oxygens (including phenoxy) is 1. The molecule has 0 unspecified atom stereocenters. The molecule has 0 bridgehead atoms. The van der Waals surface area contributed by atoms with Gasteiger partial charge in [0.2, 0.25) is 0 Å². The summed E-state index contributed by atoms with van der Waals surface area (Å²) in [5.74, 6) is -0.0655. The van der Waals surface area contributed by atoms with Crippen LogP contribution in [0.3, 0.4) is 0 Å². The molecule has 0 aliphatic heterocycles. The molecule has 8 nitrogen and oxygen atoms in total. The van der Waals surface area contributed by atoms with E-state index in [9.17, 15) is 22.9 Å². The van der Waals surface area contributed by atoms with Crippen molar-refractivity contribution in [3.05, 3.63) is 88.2 Å². The minimum absolute atomic E-state index is 0.157. The third kappa shape index (κ3) is 5.28. The third-order valence-corrected chi connectivity index (χ3v) is 5.89. The minimum Gasteiger partial charge on any atom is -0.495 e. The molecule has 2 N–H and O–H groups in total. The lowest BCUT2D eigenvalue weighted by molar-refractivity contribution is -0.385. The van der Waals surface area contributed by atoms with E-state index in [-0.39, 0.29) is 34.3 Å². The molecule has 31 heavy (non-hydrogen) atoms. The molecule has 0 spiro atoms. The summed E-state index contributed by atoms with van der Waals surface area (Å²) in [6.45, 7) is 0.218. The Morgan fingerprint density at radius 2 is 1.74 bits per heavy atom. The van der Waals surface area contributed by atoms with Gasteiger partial charge in [-0.15, -0.1) is 0 Å². The van der Waals surface area contributed by atoms with Crippen molar-refractivity contribution >= 4 is 27.1 Å². The van der Waals surface area contributed by atoms with Crippen molar-refractivity contribution in [1.29, 1.82) is 0 Å². The summed E-state index contributed by atoms with van der Waals surface area (Å²) in [4.78, 5) is 10.2. The molecule has 0 aliphatic rings. The van der Waals surface area contributed by atoms with Gasteiger partial charge in [0.1, 0.15) is 16.5 Å². The molecule has 0 radical (unpaired) electrons. The summed E-state index contributed by atoms with van der Waals surface area (Å²) in [5, 5.41) is 14.1. The fourth-order valence-electron chi connectivity index (χ4n) is 2.95. The van der Waals surface area contributed by atoms with Crippen LogP contribution in [0, 0.1) is 15.9 Å². The van der Waals surface area contributed by atoms with Gasteiger partial charge in [-0.1, -0.05) is 30.3 Å². The van der Waals surface area contributed by atoms with E-state index in [4.69, 9.17) is 4.74 Å². The number of nitrogens with zero attached hydrogens (tertiary/aromatic N) is 1. The van der Waals surface area contributed by atoms with Gasteiger partial charge in [0.25, 0.3) is 15.7 Å². The van der Waals surface area contributed by atoms with Gasteiger partial charge in [0.15, 0.2) is 0 Å². The van der Waals surface area contributed by atoms with E-state index in [1.807, 2.05) is 0 Å². The third-order valence-electron chi connectivity index (χ3n) is 4.48. The van der Waals surface area contributed by atoms with Crippen molar-refractivity contribution in [2.45, 2.75) is 11.3 Å². The van der Waals surface area contributed by atoms with Crippen LogP contribution in [0.25, 0.3) is 0 Å². The largest absolute Gasteiger partial charge is 0.495 e. The molecule has 0 atom stereocenters. The summed E-state index contributed by atoms with van der Waals surface area (Å²) < 4.78 is 47.5. The van der Waals surface area contributed by atoms with Crippen LogP contribution >= 0.6 is 0 Å². The zero-order valence-corrected chi connectivity index (χ0v) is 17.4. The van der Waals surface area contributed by atoms with E-state index in [0.29, 0.717) is 17.7 Å². The van der Waals surface area contributed by atoms with Crippen molar-refractivity contribution < 1.29 is 22.5 Å². The number of halogens is 1. The summed E-state index contributed by atoms with van der Waals surface area (Å²) in [5.41, 5.74) is 0.437. The van der Waals surface area contributed by atoms with Gasteiger partial charge in [-0.05, 0) is 36.2 Å². The molecule has 0 saturated carbocycles. The first-order chi connectivity index (χ1) is 14.8. The predicted molar refractivity (Wildman–Crippen MR) is 115 cm³/mol. The van der Waals surface area contributed by atoms with Crippen molar-refractivity contribution in [3.8, 4) is 5.75 Å². The molecule has 10 heteroatoms. The molecule has 0 amide bonds. The highest BCUT2D eigenvalue weighted by Gasteiger charge is 2.23. The maximum absolute atomic E-state index is 13.8. The number of anilines is 2.